The lowest BCUT2D eigenvalue weighted by molar-refractivity contribution is 0.0946. The van der Waals surface area contributed by atoms with Crippen molar-refractivity contribution in [2.24, 2.45) is 5.73 Å². The molecule has 0 atom stereocenters. The lowest BCUT2D eigenvalue weighted by Crippen LogP contribution is -2.24. The summed E-state index contributed by atoms with van der Waals surface area (Å²) in [6.45, 7) is 5.15. The molecule has 2 aromatic rings. The second-order valence-electron chi connectivity index (χ2n) is 4.68. The van der Waals surface area contributed by atoms with Gasteiger partial charge >= 0.3 is 0 Å². The summed E-state index contributed by atoms with van der Waals surface area (Å²) < 4.78 is 0. The van der Waals surface area contributed by atoms with Gasteiger partial charge in [-0.25, -0.2) is 0 Å². The Morgan fingerprint density at radius 2 is 2.00 bits per heavy atom. The maximum Gasteiger partial charge on any atom is 0.267 e. The van der Waals surface area contributed by atoms with Crippen LogP contribution in [0.1, 0.15) is 32.7 Å². The van der Waals surface area contributed by atoms with Crippen molar-refractivity contribution < 1.29 is 4.79 Å². The topological polar surface area (TPSA) is 70.9 Å². The largest absolute Gasteiger partial charge is 0.357 e. The number of aromatic amines is 1. The monoisotopic (exact) mass is 257 g/mol. The summed E-state index contributed by atoms with van der Waals surface area (Å²) in [4.78, 5) is 14.8. The van der Waals surface area contributed by atoms with E-state index >= 15 is 0 Å². The fraction of sp³-hybridized carbons (Fsp3) is 0.267. The smallest absolute Gasteiger partial charge is 0.267 e. The Hall–Kier alpha value is -2.07. The Morgan fingerprint density at radius 1 is 1.32 bits per heavy atom. The Balaban J connectivity index is 2.10. The first-order valence-corrected chi connectivity index (χ1v) is 6.32. The Morgan fingerprint density at radius 3 is 2.53 bits per heavy atom. The molecule has 4 N–H and O–H groups in total. The normalized spacial score (nSPS) is 10.5. The van der Waals surface area contributed by atoms with Crippen LogP contribution in [0.2, 0.25) is 0 Å². The molecule has 4 nitrogen and oxygen atoms in total. The van der Waals surface area contributed by atoms with E-state index in [9.17, 15) is 4.79 Å². The number of aryl methyl sites for hydroxylation is 2. The van der Waals surface area contributed by atoms with Crippen LogP contribution in [0, 0.1) is 13.8 Å². The predicted molar refractivity (Wildman–Crippen MR) is 75.8 cm³/mol. The molecule has 2 rings (SSSR count). The number of amides is 1. The fourth-order valence-corrected chi connectivity index (χ4v) is 2.22. The fourth-order valence-electron chi connectivity index (χ4n) is 2.22. The Labute approximate surface area is 113 Å². The molecule has 1 aromatic carbocycles. The summed E-state index contributed by atoms with van der Waals surface area (Å²) in [5, 5.41) is 2.92. The molecule has 100 valence electrons. The lowest BCUT2D eigenvalue weighted by atomic mass is 9.99. The lowest BCUT2D eigenvalue weighted by Gasteiger charge is -2.12. The van der Waals surface area contributed by atoms with Crippen LogP contribution in [-0.4, -0.2) is 10.9 Å². The van der Waals surface area contributed by atoms with Crippen molar-refractivity contribution in [1.82, 2.24) is 10.3 Å². The summed E-state index contributed by atoms with van der Waals surface area (Å²) in [5.74, 6) is -0.0910. The quantitative estimate of drug-likeness (QED) is 0.784. The van der Waals surface area contributed by atoms with Crippen LogP contribution in [0.4, 0.5) is 0 Å². The van der Waals surface area contributed by atoms with Gasteiger partial charge in [-0.05, 0) is 48.2 Å². The summed E-state index contributed by atoms with van der Waals surface area (Å²) in [6.07, 6.45) is 1.74. The number of hydrogen-bond acceptors (Lipinski definition) is 2. The zero-order valence-electron chi connectivity index (χ0n) is 11.3. The first-order valence-electron chi connectivity index (χ1n) is 6.32. The van der Waals surface area contributed by atoms with Crippen molar-refractivity contribution in [3.8, 4) is 0 Å². The van der Waals surface area contributed by atoms with Crippen LogP contribution in [-0.2, 0) is 13.1 Å². The maximum atomic E-state index is 11.9. The number of nitrogens with two attached hydrogens (primary N) is 1. The molecular formula is C15H19N3O. The number of nitrogens with one attached hydrogen (secondary N) is 2. The minimum Gasteiger partial charge on any atom is -0.357 e. The van der Waals surface area contributed by atoms with Gasteiger partial charge in [0.2, 0.25) is 0 Å². The molecule has 0 spiro atoms. The second kappa shape index (κ2) is 5.71. The van der Waals surface area contributed by atoms with E-state index in [2.05, 4.69) is 22.4 Å². The summed E-state index contributed by atoms with van der Waals surface area (Å²) in [5.41, 5.74) is 10.8. The molecule has 4 heteroatoms. The molecule has 0 saturated heterocycles. The maximum absolute atomic E-state index is 11.9. The third-order valence-corrected chi connectivity index (χ3v) is 3.26. The van der Waals surface area contributed by atoms with Crippen molar-refractivity contribution in [2.75, 3.05) is 0 Å². The SMILES string of the molecule is Cc1cc(CN)cc(C)c1CNC(=O)c1ccc[nH]1. The number of hydrogen-bond donors (Lipinski definition) is 3. The van der Waals surface area contributed by atoms with E-state index in [4.69, 9.17) is 5.73 Å². The highest BCUT2D eigenvalue weighted by atomic mass is 16.1. The van der Waals surface area contributed by atoms with Crippen LogP contribution < -0.4 is 11.1 Å². The van der Waals surface area contributed by atoms with E-state index in [0.29, 0.717) is 18.8 Å². The number of rotatable bonds is 4. The van der Waals surface area contributed by atoms with E-state index in [1.165, 1.54) is 0 Å². The van der Waals surface area contributed by atoms with E-state index in [-0.39, 0.29) is 5.91 Å². The zero-order chi connectivity index (χ0) is 13.8. The molecule has 0 aliphatic heterocycles. The number of carbonyl (C=O) groups excluding carboxylic acids is 1. The highest BCUT2D eigenvalue weighted by Gasteiger charge is 2.09. The van der Waals surface area contributed by atoms with Crippen molar-refractivity contribution in [3.05, 3.63) is 58.4 Å². The van der Waals surface area contributed by atoms with Gasteiger partial charge in [-0.2, -0.15) is 0 Å². The first-order chi connectivity index (χ1) is 9.11. The molecule has 0 saturated carbocycles. The van der Waals surface area contributed by atoms with E-state index < -0.39 is 0 Å². The molecule has 0 aliphatic carbocycles. The summed E-state index contributed by atoms with van der Waals surface area (Å²) in [6, 6.07) is 7.71. The van der Waals surface area contributed by atoms with Gasteiger partial charge in [0.15, 0.2) is 0 Å². The number of carbonyl (C=O) groups is 1. The van der Waals surface area contributed by atoms with Crippen LogP contribution in [0.25, 0.3) is 0 Å². The van der Waals surface area contributed by atoms with E-state index in [1.807, 2.05) is 13.8 Å². The Bertz CT molecular complexity index is 550. The van der Waals surface area contributed by atoms with Gasteiger partial charge in [0.1, 0.15) is 5.69 Å². The number of aromatic nitrogens is 1. The molecule has 19 heavy (non-hydrogen) atoms. The minimum absolute atomic E-state index is 0.0910. The van der Waals surface area contributed by atoms with Crippen LogP contribution in [0.3, 0.4) is 0 Å². The third kappa shape index (κ3) is 3.03. The highest BCUT2D eigenvalue weighted by molar-refractivity contribution is 5.92. The molecule has 1 aromatic heterocycles. The van der Waals surface area contributed by atoms with Gasteiger partial charge in [-0.15, -0.1) is 0 Å². The van der Waals surface area contributed by atoms with Crippen molar-refractivity contribution >= 4 is 5.91 Å². The van der Waals surface area contributed by atoms with Crippen LogP contribution in [0.5, 0.6) is 0 Å². The third-order valence-electron chi connectivity index (χ3n) is 3.26. The zero-order valence-corrected chi connectivity index (χ0v) is 11.3. The van der Waals surface area contributed by atoms with E-state index in [1.54, 1.807) is 18.3 Å². The minimum atomic E-state index is -0.0910. The summed E-state index contributed by atoms with van der Waals surface area (Å²) >= 11 is 0. The van der Waals surface area contributed by atoms with Gasteiger partial charge < -0.3 is 16.0 Å². The molecule has 1 heterocycles. The highest BCUT2D eigenvalue weighted by Crippen LogP contribution is 2.16. The second-order valence-corrected chi connectivity index (χ2v) is 4.68. The average Bonchev–Trinajstić information content (AvgIpc) is 2.91. The molecular weight excluding hydrogens is 238 g/mol. The van der Waals surface area contributed by atoms with Gasteiger partial charge in [0, 0.05) is 19.3 Å². The van der Waals surface area contributed by atoms with Gasteiger partial charge in [0.05, 0.1) is 0 Å². The van der Waals surface area contributed by atoms with Crippen LogP contribution >= 0.6 is 0 Å². The van der Waals surface area contributed by atoms with E-state index in [0.717, 1.165) is 22.3 Å². The average molecular weight is 257 g/mol. The number of benzene rings is 1. The number of H-pyrrole nitrogens is 1. The summed E-state index contributed by atoms with van der Waals surface area (Å²) in [7, 11) is 0. The first kappa shape index (κ1) is 13.4. The molecule has 1 amide bonds. The molecule has 0 fully saturated rings. The van der Waals surface area contributed by atoms with Gasteiger partial charge in [0.25, 0.3) is 5.91 Å². The standard InChI is InChI=1S/C15H19N3O/c1-10-6-12(8-16)7-11(2)13(10)9-18-15(19)14-4-3-5-17-14/h3-7,17H,8-9,16H2,1-2H3,(H,18,19). The molecule has 0 radical (unpaired) electrons. The van der Waals surface area contributed by atoms with Gasteiger partial charge in [-0.1, -0.05) is 12.1 Å². The molecule has 0 bridgehead atoms. The van der Waals surface area contributed by atoms with Crippen molar-refractivity contribution in [1.29, 1.82) is 0 Å². The van der Waals surface area contributed by atoms with Crippen molar-refractivity contribution in [2.45, 2.75) is 26.9 Å². The molecule has 0 unspecified atom stereocenters. The predicted octanol–water partition coefficient (Wildman–Crippen LogP) is 2.02. The van der Waals surface area contributed by atoms with Gasteiger partial charge in [-0.3, -0.25) is 4.79 Å². The Kier molecular flexibility index (Phi) is 4.02. The van der Waals surface area contributed by atoms with Crippen LogP contribution in [0.15, 0.2) is 30.5 Å². The van der Waals surface area contributed by atoms with Crippen molar-refractivity contribution in [3.63, 3.8) is 0 Å². The molecule has 0 aliphatic rings.